The fourth-order valence-electron chi connectivity index (χ4n) is 4.65. The molecule has 4 unspecified atom stereocenters. The Kier molecular flexibility index (Phi) is 5.53. The van der Waals surface area contributed by atoms with Gasteiger partial charge in [0, 0.05) is 12.1 Å². The summed E-state index contributed by atoms with van der Waals surface area (Å²) in [6, 6.07) is 1.57. The molecule has 0 amide bonds. The summed E-state index contributed by atoms with van der Waals surface area (Å²) in [5.74, 6) is 1.66. The van der Waals surface area contributed by atoms with Crippen LogP contribution >= 0.6 is 0 Å². The van der Waals surface area contributed by atoms with Gasteiger partial charge in [-0.25, -0.2) is 0 Å². The molecule has 2 aliphatic rings. The average molecular weight is 280 g/mol. The summed E-state index contributed by atoms with van der Waals surface area (Å²) in [4.78, 5) is 2.72. The van der Waals surface area contributed by atoms with Crippen molar-refractivity contribution < 1.29 is 0 Å². The van der Waals surface area contributed by atoms with E-state index in [1.54, 1.807) is 0 Å². The molecule has 20 heavy (non-hydrogen) atoms. The van der Waals surface area contributed by atoms with Gasteiger partial charge in [-0.3, -0.25) is 0 Å². The number of nitrogens with zero attached hydrogens (tertiary/aromatic N) is 1. The highest BCUT2D eigenvalue weighted by Crippen LogP contribution is 2.39. The number of hydrogen-bond donors (Lipinski definition) is 1. The molecule has 118 valence electrons. The van der Waals surface area contributed by atoms with E-state index in [4.69, 9.17) is 5.73 Å². The molecule has 0 radical (unpaired) electrons. The molecule has 2 N–H and O–H groups in total. The molecule has 4 atom stereocenters. The van der Waals surface area contributed by atoms with Crippen molar-refractivity contribution in [3.63, 3.8) is 0 Å². The van der Waals surface area contributed by atoms with Crippen molar-refractivity contribution in [2.24, 2.45) is 23.0 Å². The monoisotopic (exact) mass is 280 g/mol. The predicted molar refractivity (Wildman–Crippen MR) is 87.8 cm³/mol. The van der Waals surface area contributed by atoms with Gasteiger partial charge >= 0.3 is 0 Å². The largest absolute Gasteiger partial charge is 0.330 e. The molecule has 0 aromatic rings. The molecule has 2 nitrogen and oxygen atoms in total. The first kappa shape index (κ1) is 16.3. The maximum absolute atomic E-state index is 5.97. The van der Waals surface area contributed by atoms with Gasteiger partial charge in [0.25, 0.3) is 0 Å². The molecule has 0 spiro atoms. The van der Waals surface area contributed by atoms with Crippen LogP contribution in [0.4, 0.5) is 0 Å². The highest BCUT2D eigenvalue weighted by atomic mass is 15.2. The molecular weight excluding hydrogens is 244 g/mol. The van der Waals surface area contributed by atoms with E-state index in [1.165, 1.54) is 51.4 Å². The van der Waals surface area contributed by atoms with Gasteiger partial charge in [-0.15, -0.1) is 0 Å². The van der Waals surface area contributed by atoms with Crippen molar-refractivity contribution in [3.05, 3.63) is 0 Å². The molecule has 2 saturated carbocycles. The van der Waals surface area contributed by atoms with E-state index in [-0.39, 0.29) is 0 Å². The van der Waals surface area contributed by atoms with Gasteiger partial charge in [-0.05, 0) is 69.4 Å². The maximum atomic E-state index is 5.97. The Morgan fingerprint density at radius 3 is 2.30 bits per heavy atom. The van der Waals surface area contributed by atoms with Gasteiger partial charge in [-0.1, -0.05) is 33.6 Å². The highest BCUT2D eigenvalue weighted by Gasteiger charge is 2.34. The Bertz CT molecular complexity index is 294. The van der Waals surface area contributed by atoms with Crippen molar-refractivity contribution in [3.8, 4) is 0 Å². The molecule has 2 heteroatoms. The third-order valence-corrected chi connectivity index (χ3v) is 6.18. The van der Waals surface area contributed by atoms with Crippen LogP contribution < -0.4 is 5.73 Å². The topological polar surface area (TPSA) is 29.3 Å². The van der Waals surface area contributed by atoms with Crippen LogP contribution in [-0.4, -0.2) is 30.6 Å². The normalized spacial score (nSPS) is 36.3. The zero-order valence-corrected chi connectivity index (χ0v) is 14.2. The minimum absolute atomic E-state index is 0.487. The van der Waals surface area contributed by atoms with Gasteiger partial charge in [0.15, 0.2) is 0 Å². The Labute approximate surface area is 126 Å². The maximum Gasteiger partial charge on any atom is 0.0135 e. The number of hydrogen-bond acceptors (Lipinski definition) is 2. The molecule has 0 aromatic heterocycles. The van der Waals surface area contributed by atoms with Crippen LogP contribution in [0.1, 0.15) is 72.1 Å². The van der Waals surface area contributed by atoms with Crippen molar-refractivity contribution in [2.75, 3.05) is 13.6 Å². The summed E-state index contributed by atoms with van der Waals surface area (Å²) in [5, 5.41) is 0. The lowest BCUT2D eigenvalue weighted by Gasteiger charge is -2.36. The van der Waals surface area contributed by atoms with Gasteiger partial charge in [0.1, 0.15) is 0 Å². The minimum atomic E-state index is 0.487. The van der Waals surface area contributed by atoms with E-state index in [2.05, 4.69) is 32.7 Å². The molecular formula is C18H36N2. The van der Waals surface area contributed by atoms with Crippen LogP contribution in [0.3, 0.4) is 0 Å². The van der Waals surface area contributed by atoms with Crippen LogP contribution in [0.2, 0.25) is 0 Å². The lowest BCUT2D eigenvalue weighted by Crippen LogP contribution is -2.43. The van der Waals surface area contributed by atoms with E-state index in [0.717, 1.165) is 30.5 Å². The first-order valence-corrected chi connectivity index (χ1v) is 8.85. The molecule has 2 fully saturated rings. The van der Waals surface area contributed by atoms with Crippen LogP contribution in [0.15, 0.2) is 0 Å². The summed E-state index contributed by atoms with van der Waals surface area (Å²) in [6.45, 7) is 8.14. The lowest BCUT2D eigenvalue weighted by molar-refractivity contribution is 0.126. The number of nitrogens with two attached hydrogens (primary N) is 1. The Balaban J connectivity index is 1.93. The van der Waals surface area contributed by atoms with Crippen LogP contribution in [0.5, 0.6) is 0 Å². The van der Waals surface area contributed by atoms with E-state index in [0.29, 0.717) is 5.41 Å². The van der Waals surface area contributed by atoms with Crippen molar-refractivity contribution >= 4 is 0 Å². The zero-order chi connectivity index (χ0) is 14.8. The molecule has 0 aliphatic heterocycles. The van der Waals surface area contributed by atoms with Crippen molar-refractivity contribution in [1.29, 1.82) is 0 Å². The second kappa shape index (κ2) is 6.79. The molecule has 0 bridgehead atoms. The third kappa shape index (κ3) is 3.76. The predicted octanol–water partition coefficient (Wildman–Crippen LogP) is 4.04. The zero-order valence-electron chi connectivity index (χ0n) is 14.2. The second-order valence-corrected chi connectivity index (χ2v) is 8.38. The molecule has 2 rings (SSSR count). The summed E-state index contributed by atoms with van der Waals surface area (Å²) >= 11 is 0. The van der Waals surface area contributed by atoms with E-state index < -0.39 is 0 Å². The lowest BCUT2D eigenvalue weighted by atomic mass is 9.76. The molecule has 0 heterocycles. The minimum Gasteiger partial charge on any atom is -0.330 e. The second-order valence-electron chi connectivity index (χ2n) is 8.38. The Hall–Kier alpha value is -0.0800. The van der Waals surface area contributed by atoms with Gasteiger partial charge in [0.2, 0.25) is 0 Å². The highest BCUT2D eigenvalue weighted by molar-refractivity contribution is 4.89. The van der Waals surface area contributed by atoms with E-state index >= 15 is 0 Å². The molecule has 2 aliphatic carbocycles. The standard InChI is InChI=1S/C18H36N2/c1-18(2,3)15-8-6-9-16(12-11-15)20(4)17-10-5-7-14(17)13-19/h14-17H,5-13,19H2,1-4H3. The van der Waals surface area contributed by atoms with Crippen molar-refractivity contribution in [1.82, 2.24) is 4.90 Å². The Morgan fingerprint density at radius 1 is 0.950 bits per heavy atom. The van der Waals surface area contributed by atoms with Crippen molar-refractivity contribution in [2.45, 2.75) is 84.2 Å². The van der Waals surface area contributed by atoms with Gasteiger partial charge in [-0.2, -0.15) is 0 Å². The van der Waals surface area contributed by atoms with Gasteiger partial charge < -0.3 is 10.6 Å². The summed E-state index contributed by atoms with van der Waals surface area (Å²) in [6.07, 6.45) is 11.2. The first-order valence-electron chi connectivity index (χ1n) is 8.85. The van der Waals surface area contributed by atoms with Crippen LogP contribution in [0.25, 0.3) is 0 Å². The SMILES string of the molecule is CN(C1CCCC(C(C)(C)C)CC1)C1CCCC1CN. The van der Waals surface area contributed by atoms with Gasteiger partial charge in [0.05, 0.1) is 0 Å². The Morgan fingerprint density at radius 2 is 1.65 bits per heavy atom. The molecule has 0 aromatic carbocycles. The summed E-state index contributed by atoms with van der Waals surface area (Å²) < 4.78 is 0. The van der Waals surface area contributed by atoms with E-state index in [1.807, 2.05) is 0 Å². The van der Waals surface area contributed by atoms with Crippen LogP contribution in [-0.2, 0) is 0 Å². The fourth-order valence-corrected chi connectivity index (χ4v) is 4.65. The average Bonchev–Trinajstić information content (AvgIpc) is 2.71. The number of rotatable bonds is 3. The van der Waals surface area contributed by atoms with Crippen LogP contribution in [0, 0.1) is 17.3 Å². The van der Waals surface area contributed by atoms with E-state index in [9.17, 15) is 0 Å². The summed E-state index contributed by atoms with van der Waals surface area (Å²) in [7, 11) is 2.38. The fraction of sp³-hybridized carbons (Fsp3) is 1.00. The molecule has 0 saturated heterocycles. The first-order chi connectivity index (χ1) is 9.43. The smallest absolute Gasteiger partial charge is 0.0135 e. The quantitative estimate of drug-likeness (QED) is 0.791. The summed E-state index contributed by atoms with van der Waals surface area (Å²) in [5.41, 5.74) is 6.46. The third-order valence-electron chi connectivity index (χ3n) is 6.18.